The monoisotopic (exact) mass is 466 g/mol. The van der Waals surface area contributed by atoms with E-state index in [4.69, 9.17) is 9.47 Å². The Balaban J connectivity index is 1.32. The third-order valence-corrected chi connectivity index (χ3v) is 6.95. The highest BCUT2D eigenvalue weighted by Crippen LogP contribution is 2.44. The molecule has 8 nitrogen and oxygen atoms in total. The second-order valence-electron chi connectivity index (χ2n) is 9.04. The van der Waals surface area contributed by atoms with E-state index in [1.807, 2.05) is 36.4 Å². The average molecular weight is 467 g/mol. The minimum Gasteiger partial charge on any atom is -0.481 e. The fraction of sp³-hybridized carbons (Fsp3) is 0.423. The second-order valence-corrected chi connectivity index (χ2v) is 9.04. The van der Waals surface area contributed by atoms with Crippen molar-refractivity contribution in [1.29, 1.82) is 0 Å². The van der Waals surface area contributed by atoms with Crippen LogP contribution in [0.25, 0.3) is 11.1 Å². The van der Waals surface area contributed by atoms with Crippen molar-refractivity contribution < 1.29 is 29.0 Å². The number of hydrogen-bond donors (Lipinski definition) is 2. The molecule has 4 rings (SSSR count). The molecule has 180 valence electrons. The lowest BCUT2D eigenvalue weighted by Crippen LogP contribution is -2.53. The van der Waals surface area contributed by atoms with Crippen LogP contribution in [0.5, 0.6) is 0 Å². The minimum absolute atomic E-state index is 0.0591. The van der Waals surface area contributed by atoms with E-state index in [0.717, 1.165) is 22.3 Å². The first kappa shape index (κ1) is 23.8. The molecule has 0 aromatic heterocycles. The Bertz CT molecular complexity index is 1030. The highest BCUT2D eigenvalue weighted by atomic mass is 16.5. The summed E-state index contributed by atoms with van der Waals surface area (Å²) >= 11 is 0. The molecule has 1 aliphatic carbocycles. The Morgan fingerprint density at radius 3 is 2.15 bits per heavy atom. The molecule has 8 heteroatoms. The number of ether oxygens (including phenoxy) is 2. The molecule has 2 aromatic rings. The van der Waals surface area contributed by atoms with E-state index in [2.05, 4.69) is 17.4 Å². The molecule has 0 radical (unpaired) electrons. The molecular weight excluding hydrogens is 436 g/mol. The lowest BCUT2D eigenvalue weighted by atomic mass is 9.79. The number of piperidine rings is 1. The van der Waals surface area contributed by atoms with Crippen molar-refractivity contribution in [2.45, 2.75) is 31.7 Å². The van der Waals surface area contributed by atoms with Crippen LogP contribution in [0.2, 0.25) is 0 Å². The number of nitrogens with one attached hydrogen (secondary N) is 1. The molecule has 2 aromatic carbocycles. The molecule has 34 heavy (non-hydrogen) atoms. The van der Waals surface area contributed by atoms with E-state index >= 15 is 0 Å². The SMILES string of the molecule is COCC1(C(=O)O)CCN(C(=O)[C@H](C)NC(=O)OCC2c3ccccc3-c3ccccc32)CC1. The van der Waals surface area contributed by atoms with Crippen LogP contribution in [0.15, 0.2) is 48.5 Å². The topological polar surface area (TPSA) is 105 Å². The number of rotatable bonds is 7. The highest BCUT2D eigenvalue weighted by Gasteiger charge is 2.43. The van der Waals surface area contributed by atoms with Crippen LogP contribution in [0.3, 0.4) is 0 Å². The molecule has 2 N–H and O–H groups in total. The summed E-state index contributed by atoms with van der Waals surface area (Å²) < 4.78 is 10.6. The summed E-state index contributed by atoms with van der Waals surface area (Å²) in [5.41, 5.74) is 3.55. The van der Waals surface area contributed by atoms with Crippen molar-refractivity contribution in [3.63, 3.8) is 0 Å². The van der Waals surface area contributed by atoms with Crippen LogP contribution in [0, 0.1) is 5.41 Å². The first-order valence-electron chi connectivity index (χ1n) is 11.5. The van der Waals surface area contributed by atoms with E-state index in [1.54, 1.807) is 11.8 Å². The van der Waals surface area contributed by atoms with Gasteiger partial charge in [-0.05, 0) is 42.0 Å². The lowest BCUT2D eigenvalue weighted by molar-refractivity contribution is -0.158. The standard InChI is InChI=1S/C26H30N2O6/c1-17(23(29)28-13-11-26(12-14-28,16-33-2)24(30)31)27-25(32)34-15-22-20-9-5-3-7-18(20)19-8-4-6-10-21(19)22/h3-10,17,22H,11-16H2,1-2H3,(H,27,32)(H,30,31)/t17-/m0/s1. The number of hydrogen-bond acceptors (Lipinski definition) is 5. The summed E-state index contributed by atoms with van der Waals surface area (Å²) in [6.45, 7) is 2.48. The maximum absolute atomic E-state index is 12.8. The number of carboxylic acid groups (broad SMARTS) is 1. The Labute approximate surface area is 198 Å². The van der Waals surface area contributed by atoms with Crippen LogP contribution < -0.4 is 5.32 Å². The van der Waals surface area contributed by atoms with Gasteiger partial charge in [0.25, 0.3) is 0 Å². The van der Waals surface area contributed by atoms with Crippen LogP contribution in [-0.2, 0) is 19.1 Å². The van der Waals surface area contributed by atoms with Gasteiger partial charge in [-0.3, -0.25) is 9.59 Å². The Hall–Kier alpha value is -3.39. The van der Waals surface area contributed by atoms with Gasteiger partial charge in [-0.15, -0.1) is 0 Å². The number of fused-ring (bicyclic) bond motifs is 3. The van der Waals surface area contributed by atoms with Gasteiger partial charge in [0.1, 0.15) is 12.6 Å². The number of carbonyl (C=O) groups is 3. The minimum atomic E-state index is -0.977. The number of carbonyl (C=O) groups excluding carboxylic acids is 2. The van der Waals surface area contributed by atoms with Crippen LogP contribution in [0.4, 0.5) is 4.79 Å². The first-order chi connectivity index (χ1) is 16.4. The van der Waals surface area contributed by atoms with E-state index < -0.39 is 23.5 Å². The zero-order valence-corrected chi connectivity index (χ0v) is 19.5. The molecular formula is C26H30N2O6. The number of carboxylic acids is 1. The van der Waals surface area contributed by atoms with Crippen molar-refractivity contribution in [3.8, 4) is 11.1 Å². The summed E-state index contributed by atoms with van der Waals surface area (Å²) in [6.07, 6.45) is -0.0434. The predicted molar refractivity (Wildman–Crippen MR) is 125 cm³/mol. The summed E-state index contributed by atoms with van der Waals surface area (Å²) in [5, 5.41) is 12.2. The van der Waals surface area contributed by atoms with E-state index in [-0.39, 0.29) is 25.0 Å². The normalized spacial score (nSPS) is 17.4. The van der Waals surface area contributed by atoms with Gasteiger partial charge in [0.15, 0.2) is 0 Å². The highest BCUT2D eigenvalue weighted by molar-refractivity contribution is 5.86. The Kier molecular flexibility index (Phi) is 6.88. The van der Waals surface area contributed by atoms with E-state index in [1.165, 1.54) is 7.11 Å². The molecule has 1 aliphatic heterocycles. The summed E-state index contributed by atoms with van der Waals surface area (Å²) in [6, 6.07) is 15.4. The predicted octanol–water partition coefficient (Wildman–Crippen LogP) is 3.25. The molecule has 1 atom stereocenters. The van der Waals surface area contributed by atoms with Crippen LogP contribution in [-0.4, -0.2) is 67.4 Å². The van der Waals surface area contributed by atoms with Gasteiger partial charge in [0, 0.05) is 26.1 Å². The zero-order valence-electron chi connectivity index (χ0n) is 19.5. The quantitative estimate of drug-likeness (QED) is 0.649. The third-order valence-electron chi connectivity index (χ3n) is 6.95. The summed E-state index contributed by atoms with van der Waals surface area (Å²) in [5.74, 6) is -1.23. The number of aliphatic carboxylic acids is 1. The van der Waals surface area contributed by atoms with Crippen molar-refractivity contribution in [1.82, 2.24) is 10.2 Å². The van der Waals surface area contributed by atoms with E-state index in [9.17, 15) is 19.5 Å². The Morgan fingerprint density at radius 2 is 1.62 bits per heavy atom. The molecule has 2 aliphatic rings. The van der Waals surface area contributed by atoms with Gasteiger partial charge in [-0.1, -0.05) is 48.5 Å². The van der Waals surface area contributed by atoms with Gasteiger partial charge in [0.2, 0.25) is 5.91 Å². The summed E-state index contributed by atoms with van der Waals surface area (Å²) in [7, 11) is 1.47. The van der Waals surface area contributed by atoms with Crippen LogP contribution in [0.1, 0.15) is 36.8 Å². The third kappa shape index (κ3) is 4.50. The average Bonchev–Trinajstić information content (AvgIpc) is 3.16. The fourth-order valence-electron chi connectivity index (χ4n) is 5.00. The van der Waals surface area contributed by atoms with Crippen molar-refractivity contribution in [2.24, 2.45) is 5.41 Å². The number of amides is 2. The van der Waals surface area contributed by atoms with Gasteiger partial charge < -0.3 is 24.8 Å². The van der Waals surface area contributed by atoms with Gasteiger partial charge in [0.05, 0.1) is 12.0 Å². The lowest BCUT2D eigenvalue weighted by Gasteiger charge is -2.39. The molecule has 1 fully saturated rings. The number of nitrogens with zero attached hydrogens (tertiary/aromatic N) is 1. The van der Waals surface area contributed by atoms with Gasteiger partial charge >= 0.3 is 12.1 Å². The van der Waals surface area contributed by atoms with Crippen molar-refractivity contribution in [2.75, 3.05) is 33.4 Å². The zero-order chi connectivity index (χ0) is 24.3. The smallest absolute Gasteiger partial charge is 0.407 e. The van der Waals surface area contributed by atoms with Gasteiger partial charge in [-0.25, -0.2) is 4.79 Å². The second kappa shape index (κ2) is 9.85. The largest absolute Gasteiger partial charge is 0.481 e. The molecule has 1 heterocycles. The maximum atomic E-state index is 12.8. The number of alkyl carbamates (subject to hydrolysis) is 1. The Morgan fingerprint density at radius 1 is 1.06 bits per heavy atom. The van der Waals surface area contributed by atoms with Gasteiger partial charge in [-0.2, -0.15) is 0 Å². The molecule has 1 saturated heterocycles. The molecule has 0 unspecified atom stereocenters. The summed E-state index contributed by atoms with van der Waals surface area (Å²) in [4.78, 5) is 38.6. The number of likely N-dealkylation sites (tertiary alicyclic amines) is 1. The van der Waals surface area contributed by atoms with E-state index in [0.29, 0.717) is 25.9 Å². The van der Waals surface area contributed by atoms with Crippen LogP contribution >= 0.6 is 0 Å². The maximum Gasteiger partial charge on any atom is 0.407 e. The molecule has 0 bridgehead atoms. The molecule has 2 amide bonds. The molecule has 0 saturated carbocycles. The number of benzene rings is 2. The number of methoxy groups -OCH3 is 1. The first-order valence-corrected chi connectivity index (χ1v) is 11.5. The van der Waals surface area contributed by atoms with Crippen molar-refractivity contribution >= 4 is 18.0 Å². The molecule has 0 spiro atoms. The fourth-order valence-corrected chi connectivity index (χ4v) is 5.00. The van der Waals surface area contributed by atoms with Crippen molar-refractivity contribution in [3.05, 3.63) is 59.7 Å².